The summed E-state index contributed by atoms with van der Waals surface area (Å²) in [7, 11) is 0. The molecule has 1 aliphatic rings. The molecule has 0 aromatic heterocycles. The van der Waals surface area contributed by atoms with E-state index in [4.69, 9.17) is 5.73 Å². The largest absolute Gasteiger partial charge is 0.328 e. The Kier molecular flexibility index (Phi) is 3.50. The van der Waals surface area contributed by atoms with E-state index < -0.39 is 22.9 Å². The van der Waals surface area contributed by atoms with Crippen molar-refractivity contribution in [3.63, 3.8) is 0 Å². The molecule has 17 heavy (non-hydrogen) atoms. The standard InChI is InChI=1S/C12H13BrF3N/c13-8-1-2-9(14)10(11(8)15)12(16)5-3-7(17)4-6-12/h1-2,7H,3-6,17H2. The lowest BCUT2D eigenvalue weighted by molar-refractivity contribution is 0.0886. The van der Waals surface area contributed by atoms with Crippen LogP contribution in [0, 0.1) is 11.6 Å². The van der Waals surface area contributed by atoms with E-state index in [1.165, 1.54) is 6.07 Å². The molecule has 0 spiro atoms. The Morgan fingerprint density at radius 2 is 1.82 bits per heavy atom. The Bertz CT molecular complexity index is 428. The summed E-state index contributed by atoms with van der Waals surface area (Å²) in [6.45, 7) is 0. The molecule has 0 atom stereocenters. The Morgan fingerprint density at radius 1 is 1.24 bits per heavy atom. The van der Waals surface area contributed by atoms with Crippen LogP contribution in [-0.4, -0.2) is 6.04 Å². The van der Waals surface area contributed by atoms with E-state index in [1.54, 1.807) is 0 Å². The number of hydrogen-bond donors (Lipinski definition) is 1. The number of rotatable bonds is 1. The summed E-state index contributed by atoms with van der Waals surface area (Å²) in [5, 5.41) is 0. The molecule has 1 fully saturated rings. The second-order valence-corrected chi connectivity index (χ2v) is 5.38. The molecule has 0 aliphatic heterocycles. The third kappa shape index (κ3) is 2.36. The van der Waals surface area contributed by atoms with Crippen molar-refractivity contribution in [3.8, 4) is 0 Å². The van der Waals surface area contributed by atoms with Crippen LogP contribution in [0.5, 0.6) is 0 Å². The molecule has 5 heteroatoms. The number of nitrogens with two attached hydrogens (primary N) is 1. The predicted molar refractivity (Wildman–Crippen MR) is 63.3 cm³/mol. The smallest absolute Gasteiger partial charge is 0.146 e. The number of alkyl halides is 1. The molecule has 1 aromatic rings. The van der Waals surface area contributed by atoms with Crippen LogP contribution in [0.2, 0.25) is 0 Å². The summed E-state index contributed by atoms with van der Waals surface area (Å²) >= 11 is 2.95. The topological polar surface area (TPSA) is 26.0 Å². The molecule has 1 aromatic carbocycles. The van der Waals surface area contributed by atoms with Gasteiger partial charge in [0.25, 0.3) is 0 Å². The maximum absolute atomic E-state index is 14.6. The number of hydrogen-bond acceptors (Lipinski definition) is 1. The van der Waals surface area contributed by atoms with Gasteiger partial charge in [0.15, 0.2) is 0 Å². The highest BCUT2D eigenvalue weighted by molar-refractivity contribution is 9.10. The first kappa shape index (κ1) is 12.9. The van der Waals surface area contributed by atoms with E-state index in [9.17, 15) is 13.2 Å². The first-order valence-electron chi connectivity index (χ1n) is 5.52. The van der Waals surface area contributed by atoms with Gasteiger partial charge >= 0.3 is 0 Å². The van der Waals surface area contributed by atoms with Crippen LogP contribution in [0.15, 0.2) is 16.6 Å². The van der Waals surface area contributed by atoms with Gasteiger partial charge in [-0.1, -0.05) is 0 Å². The van der Waals surface area contributed by atoms with E-state index in [1.807, 2.05) is 0 Å². The van der Waals surface area contributed by atoms with Crippen LogP contribution in [-0.2, 0) is 5.67 Å². The summed E-state index contributed by atoms with van der Waals surface area (Å²) < 4.78 is 42.2. The quantitative estimate of drug-likeness (QED) is 0.785. The Balaban J connectivity index is 2.43. The zero-order valence-corrected chi connectivity index (χ0v) is 10.7. The minimum atomic E-state index is -1.94. The fourth-order valence-electron chi connectivity index (χ4n) is 2.29. The Labute approximate surface area is 106 Å². The molecule has 2 rings (SSSR count). The van der Waals surface area contributed by atoms with Crippen LogP contribution >= 0.6 is 15.9 Å². The first-order valence-corrected chi connectivity index (χ1v) is 6.32. The summed E-state index contributed by atoms with van der Waals surface area (Å²) in [6, 6.07) is 2.25. The third-order valence-corrected chi connectivity index (χ3v) is 3.93. The molecule has 1 nitrogen and oxygen atoms in total. The van der Waals surface area contributed by atoms with Gasteiger partial charge < -0.3 is 5.73 Å². The lowest BCUT2D eigenvalue weighted by Gasteiger charge is -2.33. The van der Waals surface area contributed by atoms with Crippen molar-refractivity contribution in [2.75, 3.05) is 0 Å². The summed E-state index contributed by atoms with van der Waals surface area (Å²) in [5.41, 5.74) is 3.28. The molecular weight excluding hydrogens is 295 g/mol. The van der Waals surface area contributed by atoms with Crippen molar-refractivity contribution in [2.24, 2.45) is 5.73 Å². The molecule has 1 saturated carbocycles. The summed E-state index contributed by atoms with van der Waals surface area (Å²) in [6.07, 6.45) is 1.03. The average Bonchev–Trinajstić information content (AvgIpc) is 2.29. The maximum Gasteiger partial charge on any atom is 0.146 e. The van der Waals surface area contributed by atoms with E-state index >= 15 is 0 Å². The normalized spacial score (nSPS) is 29.4. The lowest BCUT2D eigenvalue weighted by Crippen LogP contribution is -2.35. The highest BCUT2D eigenvalue weighted by Crippen LogP contribution is 2.43. The highest BCUT2D eigenvalue weighted by atomic mass is 79.9. The fourth-order valence-corrected chi connectivity index (χ4v) is 2.62. The van der Waals surface area contributed by atoms with Gasteiger partial charge in [-0.15, -0.1) is 0 Å². The van der Waals surface area contributed by atoms with Gasteiger partial charge in [-0.2, -0.15) is 0 Å². The molecule has 0 heterocycles. The minimum absolute atomic E-state index is 0.0679. The third-order valence-electron chi connectivity index (χ3n) is 3.31. The highest BCUT2D eigenvalue weighted by Gasteiger charge is 2.40. The van der Waals surface area contributed by atoms with Gasteiger partial charge in [0, 0.05) is 6.04 Å². The van der Waals surface area contributed by atoms with Gasteiger partial charge in [0.1, 0.15) is 17.3 Å². The van der Waals surface area contributed by atoms with Crippen LogP contribution in [0.25, 0.3) is 0 Å². The van der Waals surface area contributed by atoms with Crippen molar-refractivity contribution >= 4 is 15.9 Å². The van der Waals surface area contributed by atoms with Crippen molar-refractivity contribution in [1.82, 2.24) is 0 Å². The Hall–Kier alpha value is -0.550. The molecular formula is C12H13BrF3N. The molecule has 1 aliphatic carbocycles. The molecule has 0 amide bonds. The van der Waals surface area contributed by atoms with E-state index in [-0.39, 0.29) is 23.4 Å². The molecule has 0 unspecified atom stereocenters. The first-order chi connectivity index (χ1) is 7.94. The monoisotopic (exact) mass is 307 g/mol. The van der Waals surface area contributed by atoms with Gasteiger partial charge in [0.05, 0.1) is 10.0 Å². The maximum atomic E-state index is 14.6. The molecule has 0 radical (unpaired) electrons. The van der Waals surface area contributed by atoms with Crippen LogP contribution in [0.3, 0.4) is 0 Å². The number of halogens is 4. The zero-order chi connectivity index (χ0) is 12.6. The Morgan fingerprint density at radius 3 is 2.41 bits per heavy atom. The molecule has 0 bridgehead atoms. The van der Waals surface area contributed by atoms with Crippen LogP contribution in [0.4, 0.5) is 13.2 Å². The van der Waals surface area contributed by atoms with E-state index in [2.05, 4.69) is 15.9 Å². The fraction of sp³-hybridized carbons (Fsp3) is 0.500. The van der Waals surface area contributed by atoms with Crippen LogP contribution in [0.1, 0.15) is 31.2 Å². The van der Waals surface area contributed by atoms with Crippen molar-refractivity contribution in [3.05, 3.63) is 33.8 Å². The van der Waals surface area contributed by atoms with Crippen molar-refractivity contribution in [1.29, 1.82) is 0 Å². The average molecular weight is 308 g/mol. The van der Waals surface area contributed by atoms with Crippen molar-refractivity contribution in [2.45, 2.75) is 37.4 Å². The van der Waals surface area contributed by atoms with Crippen molar-refractivity contribution < 1.29 is 13.2 Å². The van der Waals surface area contributed by atoms with Gasteiger partial charge in [-0.05, 0) is 53.7 Å². The van der Waals surface area contributed by atoms with Crippen LogP contribution < -0.4 is 5.73 Å². The second kappa shape index (κ2) is 4.61. The SMILES string of the molecule is NC1CCC(F)(c2c(F)ccc(Br)c2F)CC1. The van der Waals surface area contributed by atoms with E-state index in [0.29, 0.717) is 12.8 Å². The van der Waals surface area contributed by atoms with Gasteiger partial charge in [-0.3, -0.25) is 0 Å². The second-order valence-electron chi connectivity index (χ2n) is 4.52. The minimum Gasteiger partial charge on any atom is -0.328 e. The van der Waals surface area contributed by atoms with Gasteiger partial charge in [-0.25, -0.2) is 13.2 Å². The molecule has 94 valence electrons. The lowest BCUT2D eigenvalue weighted by atomic mass is 9.79. The zero-order valence-electron chi connectivity index (χ0n) is 9.15. The molecule has 0 saturated heterocycles. The summed E-state index contributed by atoms with van der Waals surface area (Å²) in [5.74, 6) is -1.67. The number of benzene rings is 1. The predicted octanol–water partition coefficient (Wildman–Crippen LogP) is 3.79. The van der Waals surface area contributed by atoms with Gasteiger partial charge in [0.2, 0.25) is 0 Å². The van der Waals surface area contributed by atoms with E-state index in [0.717, 1.165) is 6.07 Å². The molecule has 2 N–H and O–H groups in total. The summed E-state index contributed by atoms with van der Waals surface area (Å²) in [4.78, 5) is 0.